The van der Waals surface area contributed by atoms with Crippen molar-refractivity contribution in [1.29, 1.82) is 0 Å². The Morgan fingerprint density at radius 3 is 2.59 bits per heavy atom. The molecule has 0 atom stereocenters. The standard InChI is InChI=1S/C18H13FN2S/c19-14-7-2-1-6-13(14)12-21-16-9-4-3-8-15(16)20-18(21)17-10-5-11-22-17/h1-11H,12H2/p+1. The Labute approximate surface area is 131 Å². The van der Waals surface area contributed by atoms with Crippen molar-refractivity contribution in [1.82, 2.24) is 4.98 Å². The van der Waals surface area contributed by atoms with Gasteiger partial charge in [0.15, 0.2) is 11.0 Å². The van der Waals surface area contributed by atoms with E-state index in [0.717, 1.165) is 21.7 Å². The lowest BCUT2D eigenvalue weighted by Crippen LogP contribution is -2.35. The summed E-state index contributed by atoms with van der Waals surface area (Å²) in [6.07, 6.45) is 0. The van der Waals surface area contributed by atoms with Gasteiger partial charge in [-0.1, -0.05) is 36.4 Å². The van der Waals surface area contributed by atoms with Crippen LogP contribution in [-0.4, -0.2) is 4.98 Å². The minimum Gasteiger partial charge on any atom is -0.236 e. The number of nitrogens with one attached hydrogen (secondary N) is 1. The number of hydrogen-bond donors (Lipinski definition) is 1. The second-order valence-corrected chi connectivity index (χ2v) is 6.09. The lowest BCUT2D eigenvalue weighted by atomic mass is 10.2. The molecule has 0 saturated carbocycles. The van der Waals surface area contributed by atoms with Gasteiger partial charge in [0.25, 0.3) is 5.82 Å². The maximum Gasteiger partial charge on any atom is 0.298 e. The van der Waals surface area contributed by atoms with Gasteiger partial charge >= 0.3 is 0 Å². The van der Waals surface area contributed by atoms with Crippen LogP contribution in [0.3, 0.4) is 0 Å². The second-order valence-electron chi connectivity index (χ2n) is 5.15. The molecule has 22 heavy (non-hydrogen) atoms. The summed E-state index contributed by atoms with van der Waals surface area (Å²) in [5, 5.41) is 2.05. The molecular formula is C18H14FN2S+. The highest BCUT2D eigenvalue weighted by Crippen LogP contribution is 2.24. The van der Waals surface area contributed by atoms with Crippen LogP contribution in [0.1, 0.15) is 5.56 Å². The largest absolute Gasteiger partial charge is 0.298 e. The molecule has 0 amide bonds. The molecule has 0 spiro atoms. The van der Waals surface area contributed by atoms with Gasteiger partial charge in [-0.2, -0.15) is 0 Å². The monoisotopic (exact) mass is 309 g/mol. The molecule has 4 aromatic rings. The van der Waals surface area contributed by atoms with Crippen LogP contribution in [0, 0.1) is 5.82 Å². The molecule has 108 valence electrons. The van der Waals surface area contributed by atoms with E-state index in [1.165, 1.54) is 6.07 Å². The minimum atomic E-state index is -0.169. The van der Waals surface area contributed by atoms with E-state index in [9.17, 15) is 4.39 Å². The fourth-order valence-electron chi connectivity index (χ4n) is 2.70. The number of benzene rings is 2. The molecule has 0 bridgehead atoms. The number of hydrogen-bond acceptors (Lipinski definition) is 1. The Kier molecular flexibility index (Phi) is 3.24. The molecule has 0 aliphatic rings. The highest BCUT2D eigenvalue weighted by atomic mass is 32.1. The van der Waals surface area contributed by atoms with Crippen molar-refractivity contribution in [3.63, 3.8) is 0 Å². The highest BCUT2D eigenvalue weighted by Gasteiger charge is 2.21. The first-order valence-corrected chi connectivity index (χ1v) is 7.99. The average molecular weight is 309 g/mol. The topological polar surface area (TPSA) is 19.7 Å². The van der Waals surface area contributed by atoms with Crippen LogP contribution in [0.25, 0.3) is 21.7 Å². The fraction of sp³-hybridized carbons (Fsp3) is 0.0556. The summed E-state index contributed by atoms with van der Waals surface area (Å²) < 4.78 is 16.2. The van der Waals surface area contributed by atoms with Gasteiger partial charge < -0.3 is 0 Å². The second kappa shape index (κ2) is 5.39. The van der Waals surface area contributed by atoms with E-state index in [0.29, 0.717) is 12.1 Å². The average Bonchev–Trinajstić information content (AvgIpc) is 3.17. The van der Waals surface area contributed by atoms with Gasteiger partial charge in [-0.3, -0.25) is 0 Å². The van der Waals surface area contributed by atoms with Gasteiger partial charge in [0.2, 0.25) is 0 Å². The molecule has 0 saturated heterocycles. The van der Waals surface area contributed by atoms with E-state index < -0.39 is 0 Å². The third-order valence-corrected chi connectivity index (χ3v) is 4.64. The first kappa shape index (κ1) is 13.2. The summed E-state index contributed by atoms with van der Waals surface area (Å²) in [7, 11) is 0. The zero-order valence-corrected chi connectivity index (χ0v) is 12.6. The van der Waals surface area contributed by atoms with Crippen molar-refractivity contribution in [3.05, 3.63) is 77.4 Å². The number of aromatic nitrogens is 2. The van der Waals surface area contributed by atoms with E-state index in [1.54, 1.807) is 17.4 Å². The number of imidazole rings is 1. The first-order valence-electron chi connectivity index (χ1n) is 7.11. The molecule has 4 rings (SSSR count). The van der Waals surface area contributed by atoms with Crippen molar-refractivity contribution in [3.8, 4) is 10.7 Å². The summed E-state index contributed by atoms with van der Waals surface area (Å²) >= 11 is 1.67. The predicted molar refractivity (Wildman–Crippen MR) is 87.3 cm³/mol. The van der Waals surface area contributed by atoms with Crippen LogP contribution >= 0.6 is 11.3 Å². The zero-order valence-electron chi connectivity index (χ0n) is 11.8. The van der Waals surface area contributed by atoms with Crippen molar-refractivity contribution >= 4 is 22.4 Å². The minimum absolute atomic E-state index is 0.169. The lowest BCUT2D eigenvalue weighted by molar-refractivity contribution is -0.651. The van der Waals surface area contributed by atoms with Gasteiger partial charge in [-0.15, -0.1) is 11.3 Å². The van der Waals surface area contributed by atoms with Crippen molar-refractivity contribution in [2.24, 2.45) is 0 Å². The number of rotatable bonds is 3. The summed E-state index contributed by atoms with van der Waals surface area (Å²) in [5.74, 6) is 0.844. The normalized spacial score (nSPS) is 11.1. The Balaban J connectivity index is 1.91. The molecule has 2 aromatic heterocycles. The van der Waals surface area contributed by atoms with Crippen molar-refractivity contribution in [2.75, 3.05) is 0 Å². The van der Waals surface area contributed by atoms with Crippen LogP contribution in [0.4, 0.5) is 4.39 Å². The predicted octanol–water partition coefficient (Wildman–Crippen LogP) is 4.37. The smallest absolute Gasteiger partial charge is 0.236 e. The Bertz CT molecular complexity index is 925. The fourth-order valence-corrected chi connectivity index (χ4v) is 3.43. The number of nitrogens with zero attached hydrogens (tertiary/aromatic N) is 1. The number of aromatic amines is 1. The molecule has 4 heteroatoms. The van der Waals surface area contributed by atoms with E-state index in [2.05, 4.69) is 21.7 Å². The van der Waals surface area contributed by atoms with Gasteiger partial charge in [0.1, 0.15) is 17.2 Å². The molecule has 0 aliphatic carbocycles. The van der Waals surface area contributed by atoms with Crippen LogP contribution in [0.2, 0.25) is 0 Å². The summed E-state index contributed by atoms with van der Waals surface area (Å²) in [5.41, 5.74) is 2.83. The molecule has 2 nitrogen and oxygen atoms in total. The van der Waals surface area contributed by atoms with Gasteiger partial charge in [0.05, 0.1) is 0 Å². The SMILES string of the molecule is Fc1ccccc1C[n+]1c(-c2cccs2)[nH]c2ccccc21. The molecule has 0 radical (unpaired) electrons. The zero-order chi connectivity index (χ0) is 14.9. The molecule has 0 fully saturated rings. The third kappa shape index (κ3) is 2.22. The molecule has 0 unspecified atom stereocenters. The van der Waals surface area contributed by atoms with Crippen LogP contribution in [0.5, 0.6) is 0 Å². The van der Waals surface area contributed by atoms with Crippen LogP contribution < -0.4 is 4.57 Å². The summed E-state index contributed by atoms with van der Waals surface area (Å²) in [6.45, 7) is 0.504. The van der Waals surface area contributed by atoms with Crippen LogP contribution in [0.15, 0.2) is 66.0 Å². The number of fused-ring (bicyclic) bond motifs is 1. The van der Waals surface area contributed by atoms with Crippen molar-refractivity contribution in [2.45, 2.75) is 6.54 Å². The van der Waals surface area contributed by atoms with Crippen LogP contribution in [-0.2, 0) is 6.54 Å². The Morgan fingerprint density at radius 2 is 1.77 bits per heavy atom. The highest BCUT2D eigenvalue weighted by molar-refractivity contribution is 7.13. The molecule has 2 aromatic carbocycles. The molecular weight excluding hydrogens is 295 g/mol. The quantitative estimate of drug-likeness (QED) is 0.542. The number of halogens is 1. The Hall–Kier alpha value is -2.46. The number of H-pyrrole nitrogens is 1. The van der Waals surface area contributed by atoms with E-state index >= 15 is 0 Å². The summed E-state index contributed by atoms with van der Waals surface area (Å²) in [6, 6.07) is 19.2. The van der Waals surface area contributed by atoms with Gasteiger partial charge in [0, 0.05) is 5.56 Å². The van der Waals surface area contributed by atoms with Gasteiger partial charge in [-0.25, -0.2) is 13.9 Å². The summed E-state index contributed by atoms with van der Waals surface area (Å²) in [4.78, 5) is 4.60. The number of para-hydroxylation sites is 2. The maximum atomic E-state index is 14.0. The van der Waals surface area contributed by atoms with Crippen molar-refractivity contribution < 1.29 is 8.96 Å². The molecule has 2 heterocycles. The Morgan fingerprint density at radius 1 is 0.955 bits per heavy atom. The maximum absolute atomic E-state index is 14.0. The molecule has 0 aliphatic heterocycles. The van der Waals surface area contributed by atoms with Gasteiger partial charge in [-0.05, 0) is 29.6 Å². The van der Waals surface area contributed by atoms with E-state index in [4.69, 9.17) is 0 Å². The van der Waals surface area contributed by atoms with E-state index in [1.807, 2.05) is 41.8 Å². The third-order valence-electron chi connectivity index (χ3n) is 3.76. The first-order chi connectivity index (χ1) is 10.8. The molecule has 1 N–H and O–H groups in total. The lowest BCUT2D eigenvalue weighted by Gasteiger charge is -2.03. The number of thiophene rings is 1. The van der Waals surface area contributed by atoms with E-state index in [-0.39, 0.29) is 5.82 Å².